The number of amides is 1. The molecule has 2 saturated heterocycles. The molecule has 5 nitrogen and oxygen atoms in total. The van der Waals surface area contributed by atoms with Gasteiger partial charge < -0.3 is 19.3 Å². The molecule has 1 aromatic carbocycles. The maximum Gasteiger partial charge on any atom is 0.262 e. The lowest BCUT2D eigenvalue weighted by atomic mass is 9.99. The number of benzene rings is 1. The van der Waals surface area contributed by atoms with E-state index in [4.69, 9.17) is 21.1 Å². The van der Waals surface area contributed by atoms with E-state index < -0.39 is 5.72 Å². The fourth-order valence-electron chi connectivity index (χ4n) is 3.12. The summed E-state index contributed by atoms with van der Waals surface area (Å²) in [5, 5.41) is 0.516. The van der Waals surface area contributed by atoms with E-state index in [2.05, 4.69) is 11.9 Å². The molecule has 23 heavy (non-hydrogen) atoms. The molecule has 2 heterocycles. The number of carbonyl (C=O) groups excluding carboxylic acids is 1. The largest absolute Gasteiger partial charge is 0.482 e. The van der Waals surface area contributed by atoms with Crippen LogP contribution in [0.4, 0.5) is 0 Å². The number of halogens is 2. The summed E-state index contributed by atoms with van der Waals surface area (Å²) in [6.07, 6.45) is 1.70. The van der Waals surface area contributed by atoms with Crippen LogP contribution in [-0.2, 0) is 9.53 Å². The van der Waals surface area contributed by atoms with Crippen molar-refractivity contribution < 1.29 is 14.3 Å². The molecule has 0 bridgehead atoms. The second kappa shape index (κ2) is 7.71. The molecule has 0 N–H and O–H groups in total. The summed E-state index contributed by atoms with van der Waals surface area (Å²) in [5.74, 6) is 0.497. The maximum atomic E-state index is 12.5. The normalized spacial score (nSPS) is 20.3. The van der Waals surface area contributed by atoms with Crippen LogP contribution in [0.2, 0.25) is 5.02 Å². The summed E-state index contributed by atoms with van der Waals surface area (Å²) >= 11 is 6.05. The Morgan fingerprint density at radius 1 is 1.30 bits per heavy atom. The average Bonchev–Trinajstić information content (AvgIpc) is 2.93. The van der Waals surface area contributed by atoms with Crippen molar-refractivity contribution in [3.63, 3.8) is 0 Å². The third-order valence-electron chi connectivity index (χ3n) is 4.43. The fourth-order valence-corrected chi connectivity index (χ4v) is 3.31. The highest BCUT2D eigenvalue weighted by Gasteiger charge is 2.46. The van der Waals surface area contributed by atoms with E-state index in [1.54, 1.807) is 12.1 Å². The Bertz CT molecular complexity index is 548. The fraction of sp³-hybridized carbons (Fsp3) is 0.562. The van der Waals surface area contributed by atoms with Crippen LogP contribution in [0.25, 0.3) is 0 Å². The van der Waals surface area contributed by atoms with Crippen molar-refractivity contribution in [3.8, 4) is 5.75 Å². The van der Waals surface area contributed by atoms with E-state index in [-0.39, 0.29) is 24.9 Å². The summed E-state index contributed by atoms with van der Waals surface area (Å²) < 4.78 is 11.5. The smallest absolute Gasteiger partial charge is 0.262 e. The second-order valence-corrected chi connectivity index (χ2v) is 6.27. The topological polar surface area (TPSA) is 42.0 Å². The lowest BCUT2D eigenvalue weighted by Gasteiger charge is -2.42. The van der Waals surface area contributed by atoms with Gasteiger partial charge in [0.15, 0.2) is 6.61 Å². The van der Waals surface area contributed by atoms with E-state index in [0.29, 0.717) is 23.9 Å². The minimum atomic E-state index is -0.437. The first-order valence-corrected chi connectivity index (χ1v) is 7.99. The standard InChI is InChI=1S/C16H21ClN2O3.ClH/c1-18-8-6-16(7-9-18)19(10-11-22-16)15(20)12-21-14-5-3-2-4-13(14)17;/h2-5H,6-12H2,1H3;1H. The van der Waals surface area contributed by atoms with Crippen molar-refractivity contribution in [2.75, 3.05) is 39.9 Å². The van der Waals surface area contributed by atoms with Gasteiger partial charge in [0, 0.05) is 32.5 Å². The molecule has 1 amide bonds. The van der Waals surface area contributed by atoms with Gasteiger partial charge in [-0.15, -0.1) is 12.4 Å². The minimum Gasteiger partial charge on any atom is -0.482 e. The van der Waals surface area contributed by atoms with Crippen LogP contribution in [0.3, 0.4) is 0 Å². The molecule has 128 valence electrons. The number of piperidine rings is 1. The first-order chi connectivity index (χ1) is 10.6. The zero-order valence-corrected chi connectivity index (χ0v) is 14.7. The zero-order chi connectivity index (χ0) is 15.6. The monoisotopic (exact) mass is 360 g/mol. The number of hydrogen-bond acceptors (Lipinski definition) is 4. The van der Waals surface area contributed by atoms with E-state index in [0.717, 1.165) is 25.9 Å². The van der Waals surface area contributed by atoms with E-state index in [1.165, 1.54) is 0 Å². The number of hydrogen-bond donors (Lipinski definition) is 0. The van der Waals surface area contributed by atoms with Gasteiger partial charge in [-0.1, -0.05) is 23.7 Å². The van der Waals surface area contributed by atoms with Crippen molar-refractivity contribution in [3.05, 3.63) is 29.3 Å². The number of nitrogens with zero attached hydrogens (tertiary/aromatic N) is 2. The molecule has 2 fully saturated rings. The molecular formula is C16H22Cl2N2O3. The molecule has 1 spiro atoms. The predicted octanol–water partition coefficient (Wildman–Crippen LogP) is 2.42. The average molecular weight is 361 g/mol. The quantitative estimate of drug-likeness (QED) is 0.829. The van der Waals surface area contributed by atoms with Crippen LogP contribution in [-0.4, -0.2) is 61.3 Å². The molecule has 7 heteroatoms. The Morgan fingerprint density at radius 2 is 2.00 bits per heavy atom. The number of para-hydroxylation sites is 1. The summed E-state index contributed by atoms with van der Waals surface area (Å²) in [6.45, 7) is 3.10. The van der Waals surface area contributed by atoms with Crippen molar-refractivity contribution in [2.24, 2.45) is 0 Å². The van der Waals surface area contributed by atoms with Crippen molar-refractivity contribution in [1.82, 2.24) is 9.80 Å². The maximum absolute atomic E-state index is 12.5. The van der Waals surface area contributed by atoms with Crippen molar-refractivity contribution in [2.45, 2.75) is 18.6 Å². The highest BCUT2D eigenvalue weighted by Crippen LogP contribution is 2.34. The molecule has 2 aliphatic heterocycles. The van der Waals surface area contributed by atoms with E-state index >= 15 is 0 Å². The summed E-state index contributed by atoms with van der Waals surface area (Å²) in [4.78, 5) is 16.7. The van der Waals surface area contributed by atoms with E-state index in [9.17, 15) is 4.79 Å². The molecule has 3 rings (SSSR count). The van der Waals surface area contributed by atoms with Crippen LogP contribution >= 0.6 is 24.0 Å². The number of ether oxygens (including phenoxy) is 2. The third-order valence-corrected chi connectivity index (χ3v) is 4.75. The Balaban J connectivity index is 0.00000192. The van der Waals surface area contributed by atoms with Crippen LogP contribution in [0, 0.1) is 0 Å². The van der Waals surface area contributed by atoms with Gasteiger partial charge in [-0.25, -0.2) is 0 Å². The highest BCUT2D eigenvalue weighted by atomic mass is 35.5. The second-order valence-electron chi connectivity index (χ2n) is 5.86. The Hall–Kier alpha value is -1.01. The SMILES string of the molecule is CN1CCC2(CC1)OCCN2C(=O)COc1ccccc1Cl.Cl. The molecule has 0 saturated carbocycles. The van der Waals surface area contributed by atoms with Gasteiger partial charge >= 0.3 is 0 Å². The molecule has 0 aliphatic carbocycles. The van der Waals surface area contributed by atoms with Gasteiger partial charge in [0.25, 0.3) is 5.91 Å². The summed E-state index contributed by atoms with van der Waals surface area (Å²) in [6, 6.07) is 7.18. The van der Waals surface area contributed by atoms with Crippen molar-refractivity contribution in [1.29, 1.82) is 0 Å². The predicted molar refractivity (Wildman–Crippen MR) is 91.3 cm³/mol. The summed E-state index contributed by atoms with van der Waals surface area (Å²) in [5.41, 5.74) is -0.437. The van der Waals surface area contributed by atoms with Gasteiger partial charge in [0.2, 0.25) is 0 Å². The molecular weight excluding hydrogens is 339 g/mol. The number of rotatable bonds is 3. The number of carbonyl (C=O) groups is 1. The first kappa shape index (κ1) is 18.3. The van der Waals surface area contributed by atoms with Gasteiger partial charge in [-0.2, -0.15) is 0 Å². The van der Waals surface area contributed by atoms with Gasteiger partial charge in [-0.3, -0.25) is 4.79 Å². The van der Waals surface area contributed by atoms with Crippen LogP contribution < -0.4 is 4.74 Å². The first-order valence-electron chi connectivity index (χ1n) is 7.61. The van der Waals surface area contributed by atoms with Crippen molar-refractivity contribution >= 4 is 29.9 Å². The lowest BCUT2D eigenvalue weighted by Crippen LogP contribution is -2.55. The minimum absolute atomic E-state index is 0. The van der Waals surface area contributed by atoms with Crippen LogP contribution in [0.5, 0.6) is 5.75 Å². The zero-order valence-electron chi connectivity index (χ0n) is 13.2. The Kier molecular flexibility index (Phi) is 6.14. The van der Waals surface area contributed by atoms with Gasteiger partial charge in [-0.05, 0) is 19.2 Å². The molecule has 2 aliphatic rings. The summed E-state index contributed by atoms with van der Waals surface area (Å²) in [7, 11) is 2.09. The Labute approximate surface area is 147 Å². The Morgan fingerprint density at radius 3 is 2.70 bits per heavy atom. The van der Waals surface area contributed by atoms with E-state index in [1.807, 2.05) is 17.0 Å². The molecule has 0 atom stereocenters. The van der Waals surface area contributed by atoms with Gasteiger partial charge in [0.1, 0.15) is 11.5 Å². The van der Waals surface area contributed by atoms with Gasteiger partial charge in [0.05, 0.1) is 11.6 Å². The number of likely N-dealkylation sites (tertiary alicyclic amines) is 1. The lowest BCUT2D eigenvalue weighted by molar-refractivity contribution is -0.159. The molecule has 1 aromatic rings. The van der Waals surface area contributed by atoms with Crippen LogP contribution in [0.1, 0.15) is 12.8 Å². The molecule has 0 aromatic heterocycles. The third kappa shape index (κ3) is 3.91. The molecule has 0 radical (unpaired) electrons. The highest BCUT2D eigenvalue weighted by molar-refractivity contribution is 6.32. The van der Waals surface area contributed by atoms with Crippen LogP contribution in [0.15, 0.2) is 24.3 Å². The molecule has 0 unspecified atom stereocenters.